The number of rotatable bonds is 9. The van der Waals surface area contributed by atoms with Crippen molar-refractivity contribution in [2.24, 2.45) is 11.8 Å². The van der Waals surface area contributed by atoms with E-state index in [0.717, 1.165) is 12.8 Å². The van der Waals surface area contributed by atoms with Crippen LogP contribution < -0.4 is 0 Å². The Labute approximate surface area is 186 Å². The zero-order valence-corrected chi connectivity index (χ0v) is 20.8. The molecule has 3 atom stereocenters. The fourth-order valence-corrected chi connectivity index (χ4v) is 4.63. The number of hydrogen-bond acceptors (Lipinski definition) is 0. The first-order valence-corrected chi connectivity index (χ1v) is 12.2. The molecule has 30 heavy (non-hydrogen) atoms. The largest absolute Gasteiger partial charge is 0.0776 e. The van der Waals surface area contributed by atoms with Crippen molar-refractivity contribution in [3.63, 3.8) is 0 Å². The first-order valence-electron chi connectivity index (χ1n) is 12.2. The first kappa shape index (κ1) is 24.4. The van der Waals surface area contributed by atoms with Gasteiger partial charge in [0.2, 0.25) is 0 Å². The summed E-state index contributed by atoms with van der Waals surface area (Å²) in [6.07, 6.45) is 16.4. The summed E-state index contributed by atoms with van der Waals surface area (Å²) in [7, 11) is 0. The second-order valence-electron chi connectivity index (χ2n) is 9.48. The molecule has 0 aromatic heterocycles. The highest BCUT2D eigenvalue weighted by molar-refractivity contribution is 5.46. The van der Waals surface area contributed by atoms with E-state index in [4.69, 9.17) is 0 Å². The van der Waals surface area contributed by atoms with Gasteiger partial charge in [-0.25, -0.2) is 0 Å². The van der Waals surface area contributed by atoms with Crippen molar-refractivity contribution in [1.82, 2.24) is 0 Å². The average Bonchev–Trinajstić information content (AvgIpc) is 2.99. The van der Waals surface area contributed by atoms with Gasteiger partial charge in [0.05, 0.1) is 0 Å². The summed E-state index contributed by atoms with van der Waals surface area (Å²) in [6, 6.07) is 7.15. The molecule has 0 heteroatoms. The molecular weight excluding hydrogens is 360 g/mol. The summed E-state index contributed by atoms with van der Waals surface area (Å²) in [5.41, 5.74) is 8.93. The molecule has 0 amide bonds. The van der Waals surface area contributed by atoms with Crippen molar-refractivity contribution in [1.29, 1.82) is 0 Å². The second kappa shape index (κ2) is 11.5. The highest BCUT2D eigenvalue weighted by Gasteiger charge is 2.22. The molecule has 2 rings (SSSR count). The fourth-order valence-electron chi connectivity index (χ4n) is 4.63. The molecule has 0 saturated heterocycles. The topological polar surface area (TPSA) is 0 Å². The van der Waals surface area contributed by atoms with E-state index >= 15 is 0 Å². The van der Waals surface area contributed by atoms with Crippen LogP contribution in [0.2, 0.25) is 0 Å². The molecule has 164 valence electrons. The molecule has 3 unspecified atom stereocenters. The summed E-state index contributed by atoms with van der Waals surface area (Å²) >= 11 is 0. The lowest BCUT2D eigenvalue weighted by Crippen LogP contribution is -2.13. The van der Waals surface area contributed by atoms with Crippen molar-refractivity contribution >= 4 is 0 Å². The van der Waals surface area contributed by atoms with Gasteiger partial charge in [-0.2, -0.15) is 0 Å². The lowest BCUT2D eigenvalue weighted by Gasteiger charge is -2.27. The lowest BCUT2D eigenvalue weighted by molar-refractivity contribution is 0.427. The molecule has 0 bridgehead atoms. The highest BCUT2D eigenvalue weighted by atomic mass is 14.3. The molecule has 0 fully saturated rings. The van der Waals surface area contributed by atoms with E-state index in [9.17, 15) is 0 Å². The third kappa shape index (κ3) is 6.10. The lowest BCUT2D eigenvalue weighted by atomic mass is 9.77. The monoisotopic (exact) mass is 404 g/mol. The van der Waals surface area contributed by atoms with Crippen molar-refractivity contribution in [3.05, 3.63) is 82.0 Å². The third-order valence-corrected chi connectivity index (χ3v) is 7.17. The van der Waals surface area contributed by atoms with Crippen LogP contribution in [0.1, 0.15) is 103 Å². The molecule has 1 aliphatic carbocycles. The molecule has 0 nitrogen and oxygen atoms in total. The summed E-state index contributed by atoms with van der Waals surface area (Å²) in [6.45, 7) is 18.5. The molecule has 0 heterocycles. The van der Waals surface area contributed by atoms with Gasteiger partial charge in [-0.3, -0.25) is 0 Å². The molecule has 0 aliphatic heterocycles. The normalized spacial score (nSPS) is 19.4. The highest BCUT2D eigenvalue weighted by Crippen LogP contribution is 2.37. The van der Waals surface area contributed by atoms with Crippen LogP contribution in [0.5, 0.6) is 0 Å². The van der Waals surface area contributed by atoms with Crippen molar-refractivity contribution < 1.29 is 0 Å². The molecule has 0 N–H and O–H groups in total. The maximum Gasteiger partial charge on any atom is -0.00497 e. The van der Waals surface area contributed by atoms with Crippen molar-refractivity contribution in [3.8, 4) is 0 Å². The van der Waals surface area contributed by atoms with Gasteiger partial charge in [-0.1, -0.05) is 102 Å². The average molecular weight is 405 g/mol. The van der Waals surface area contributed by atoms with Gasteiger partial charge in [0, 0.05) is 0 Å². The van der Waals surface area contributed by atoms with E-state index in [2.05, 4.69) is 104 Å². The number of allylic oxidation sites excluding steroid dienone is 8. The SMILES string of the molecule is CCC(C)=C(CC(CC)C(C)c1ccc(C(C)C)cc1C)C1=CC=CC(CC)C=C1. The van der Waals surface area contributed by atoms with E-state index in [1.165, 1.54) is 40.7 Å². The van der Waals surface area contributed by atoms with Crippen LogP contribution in [0.4, 0.5) is 0 Å². The standard InChI is InChI=1S/C30H44/c1-9-22(6)30(27-14-12-13-25(10-2)15-16-27)20-26(11-3)24(8)29-18-17-28(21(4)5)19-23(29)7/h12-19,21,24-26H,9-11,20H2,1-8H3. The quantitative estimate of drug-likeness (QED) is 0.384. The van der Waals surface area contributed by atoms with Gasteiger partial charge < -0.3 is 0 Å². The van der Waals surface area contributed by atoms with Gasteiger partial charge in [0.1, 0.15) is 0 Å². The van der Waals surface area contributed by atoms with Crippen LogP contribution in [0, 0.1) is 18.8 Å². The Bertz CT molecular complexity index is 812. The minimum atomic E-state index is 0.560. The van der Waals surface area contributed by atoms with Gasteiger partial charge in [0.25, 0.3) is 0 Å². The first-order chi connectivity index (χ1) is 14.3. The summed E-state index contributed by atoms with van der Waals surface area (Å²) < 4.78 is 0. The smallest absolute Gasteiger partial charge is 0.00497 e. The minimum Gasteiger partial charge on any atom is -0.0776 e. The van der Waals surface area contributed by atoms with E-state index < -0.39 is 0 Å². The number of aryl methyl sites for hydroxylation is 1. The Morgan fingerprint density at radius 2 is 1.77 bits per heavy atom. The number of benzene rings is 1. The molecule has 1 aliphatic rings. The predicted octanol–water partition coefficient (Wildman–Crippen LogP) is 9.44. The van der Waals surface area contributed by atoms with Crippen LogP contribution in [-0.4, -0.2) is 0 Å². The summed E-state index contributed by atoms with van der Waals surface area (Å²) in [5, 5.41) is 0. The Morgan fingerprint density at radius 1 is 1.03 bits per heavy atom. The molecule has 0 spiro atoms. The number of hydrogen-bond donors (Lipinski definition) is 0. The Hall–Kier alpha value is -1.82. The van der Waals surface area contributed by atoms with Crippen molar-refractivity contribution in [2.45, 2.75) is 92.9 Å². The van der Waals surface area contributed by atoms with Crippen LogP contribution in [0.25, 0.3) is 0 Å². The van der Waals surface area contributed by atoms with Gasteiger partial charge in [0.15, 0.2) is 0 Å². The second-order valence-corrected chi connectivity index (χ2v) is 9.48. The van der Waals surface area contributed by atoms with Crippen LogP contribution in [0.3, 0.4) is 0 Å². The molecule has 0 saturated carbocycles. The Balaban J connectivity index is 2.32. The van der Waals surface area contributed by atoms with Crippen LogP contribution in [-0.2, 0) is 0 Å². The predicted molar refractivity (Wildman–Crippen MR) is 135 cm³/mol. The maximum absolute atomic E-state index is 2.44. The molecular formula is C30H44. The Morgan fingerprint density at radius 3 is 2.33 bits per heavy atom. The van der Waals surface area contributed by atoms with Crippen molar-refractivity contribution in [2.75, 3.05) is 0 Å². The minimum absolute atomic E-state index is 0.560. The Kier molecular flexibility index (Phi) is 9.40. The van der Waals surface area contributed by atoms with E-state index in [-0.39, 0.29) is 0 Å². The molecule has 0 radical (unpaired) electrons. The van der Waals surface area contributed by atoms with Gasteiger partial charge >= 0.3 is 0 Å². The summed E-state index contributed by atoms with van der Waals surface area (Å²) in [5.74, 6) is 2.36. The zero-order chi connectivity index (χ0) is 22.3. The van der Waals surface area contributed by atoms with Crippen LogP contribution in [0.15, 0.2) is 65.3 Å². The van der Waals surface area contributed by atoms with E-state index in [1.54, 1.807) is 5.57 Å². The van der Waals surface area contributed by atoms with E-state index in [1.807, 2.05) is 0 Å². The van der Waals surface area contributed by atoms with Gasteiger partial charge in [-0.15, -0.1) is 0 Å². The maximum atomic E-state index is 2.44. The van der Waals surface area contributed by atoms with Gasteiger partial charge in [-0.05, 0) is 84.6 Å². The molecule has 1 aromatic carbocycles. The molecule has 1 aromatic rings. The van der Waals surface area contributed by atoms with E-state index in [0.29, 0.717) is 23.7 Å². The third-order valence-electron chi connectivity index (χ3n) is 7.17. The summed E-state index contributed by atoms with van der Waals surface area (Å²) in [4.78, 5) is 0. The van der Waals surface area contributed by atoms with Crippen LogP contribution >= 0.6 is 0 Å². The zero-order valence-electron chi connectivity index (χ0n) is 20.8. The fraction of sp³-hybridized carbons (Fsp3) is 0.533.